The minimum Gasteiger partial charge on any atom is -0.329 e. The van der Waals surface area contributed by atoms with Crippen LogP contribution in [0.15, 0.2) is 0 Å². The summed E-state index contributed by atoms with van der Waals surface area (Å²) in [6.45, 7) is 8.13. The summed E-state index contributed by atoms with van der Waals surface area (Å²) in [6, 6.07) is 0. The molecule has 0 aromatic heterocycles. The van der Waals surface area contributed by atoms with Gasteiger partial charge in [0.1, 0.15) is 0 Å². The van der Waals surface area contributed by atoms with E-state index in [1.807, 2.05) is 0 Å². The molecule has 0 aliphatic heterocycles. The molecular weight excluding hydrogens is 208 g/mol. The lowest BCUT2D eigenvalue weighted by Gasteiger charge is -2.47. The lowest BCUT2D eigenvalue weighted by Crippen LogP contribution is -2.56. The summed E-state index contributed by atoms with van der Waals surface area (Å²) < 4.78 is 0. The standard InChI is InChI=1S/C15H30N2/c1-3-10-17(11-14-4-5-14)15(12-16)8-6-13(2)7-9-15/h13-14H,3-12,16H2,1-2H3. The number of nitrogens with zero attached hydrogens (tertiary/aromatic N) is 1. The molecule has 2 aliphatic carbocycles. The van der Waals surface area contributed by atoms with E-state index in [1.54, 1.807) is 0 Å². The first-order valence-corrected chi connectivity index (χ1v) is 7.65. The van der Waals surface area contributed by atoms with Crippen LogP contribution in [0.2, 0.25) is 0 Å². The van der Waals surface area contributed by atoms with Crippen LogP contribution >= 0.6 is 0 Å². The van der Waals surface area contributed by atoms with E-state index in [4.69, 9.17) is 5.73 Å². The van der Waals surface area contributed by atoms with E-state index in [0.29, 0.717) is 5.54 Å². The molecule has 0 aromatic carbocycles. The minimum atomic E-state index is 0.352. The van der Waals surface area contributed by atoms with Crippen LogP contribution < -0.4 is 5.73 Å². The number of hydrogen-bond acceptors (Lipinski definition) is 2. The quantitative estimate of drug-likeness (QED) is 0.771. The van der Waals surface area contributed by atoms with Crippen molar-refractivity contribution in [1.82, 2.24) is 4.90 Å². The van der Waals surface area contributed by atoms with Crippen molar-refractivity contribution in [2.75, 3.05) is 19.6 Å². The number of hydrogen-bond donors (Lipinski definition) is 1. The van der Waals surface area contributed by atoms with Crippen LogP contribution in [0.1, 0.15) is 58.8 Å². The van der Waals surface area contributed by atoms with Gasteiger partial charge in [-0.25, -0.2) is 0 Å². The summed E-state index contributed by atoms with van der Waals surface area (Å²) in [7, 11) is 0. The van der Waals surface area contributed by atoms with E-state index in [2.05, 4.69) is 18.7 Å². The molecule has 2 fully saturated rings. The van der Waals surface area contributed by atoms with Crippen molar-refractivity contribution >= 4 is 0 Å². The van der Waals surface area contributed by atoms with Crippen LogP contribution in [0, 0.1) is 11.8 Å². The average Bonchev–Trinajstić information content (AvgIpc) is 3.14. The van der Waals surface area contributed by atoms with Gasteiger partial charge in [-0.1, -0.05) is 13.8 Å². The van der Waals surface area contributed by atoms with Crippen molar-refractivity contribution in [2.45, 2.75) is 64.3 Å². The van der Waals surface area contributed by atoms with Gasteiger partial charge in [0.2, 0.25) is 0 Å². The fourth-order valence-electron chi connectivity index (χ4n) is 3.35. The molecule has 17 heavy (non-hydrogen) atoms. The SMILES string of the molecule is CCCN(CC1CC1)C1(CN)CCC(C)CC1. The van der Waals surface area contributed by atoms with Crippen LogP contribution in [0.5, 0.6) is 0 Å². The zero-order chi connectivity index (χ0) is 12.3. The number of nitrogens with two attached hydrogens (primary N) is 1. The highest BCUT2D eigenvalue weighted by Crippen LogP contribution is 2.39. The maximum Gasteiger partial charge on any atom is 0.0332 e. The molecule has 100 valence electrons. The van der Waals surface area contributed by atoms with Gasteiger partial charge in [0.25, 0.3) is 0 Å². The molecule has 2 aliphatic rings. The van der Waals surface area contributed by atoms with Gasteiger partial charge in [-0.2, -0.15) is 0 Å². The van der Waals surface area contributed by atoms with Crippen LogP contribution in [0.3, 0.4) is 0 Å². The molecular formula is C15H30N2. The first-order chi connectivity index (χ1) is 8.20. The van der Waals surface area contributed by atoms with Gasteiger partial charge in [0.15, 0.2) is 0 Å². The Morgan fingerprint density at radius 3 is 2.29 bits per heavy atom. The van der Waals surface area contributed by atoms with Gasteiger partial charge in [-0.15, -0.1) is 0 Å². The van der Waals surface area contributed by atoms with E-state index in [9.17, 15) is 0 Å². The Hall–Kier alpha value is -0.0800. The second kappa shape index (κ2) is 5.71. The molecule has 2 saturated carbocycles. The maximum atomic E-state index is 6.17. The Morgan fingerprint density at radius 1 is 1.18 bits per heavy atom. The molecule has 0 heterocycles. The number of rotatable bonds is 6. The third-order valence-corrected chi connectivity index (χ3v) is 4.92. The van der Waals surface area contributed by atoms with E-state index < -0.39 is 0 Å². The molecule has 2 heteroatoms. The highest BCUT2D eigenvalue weighted by atomic mass is 15.2. The topological polar surface area (TPSA) is 29.3 Å². The monoisotopic (exact) mass is 238 g/mol. The van der Waals surface area contributed by atoms with Crippen LogP contribution in [-0.2, 0) is 0 Å². The van der Waals surface area contributed by atoms with Gasteiger partial charge in [-0.05, 0) is 63.3 Å². The fourth-order valence-corrected chi connectivity index (χ4v) is 3.35. The fraction of sp³-hybridized carbons (Fsp3) is 1.00. The summed E-state index contributed by atoms with van der Waals surface area (Å²) in [5.74, 6) is 1.91. The smallest absolute Gasteiger partial charge is 0.0332 e. The van der Waals surface area contributed by atoms with Crippen molar-refractivity contribution in [2.24, 2.45) is 17.6 Å². The predicted octanol–water partition coefficient (Wildman–Crippen LogP) is 3.02. The van der Waals surface area contributed by atoms with Crippen LogP contribution in [0.4, 0.5) is 0 Å². The van der Waals surface area contributed by atoms with Gasteiger partial charge in [-0.3, -0.25) is 4.90 Å². The second-order valence-corrected chi connectivity index (χ2v) is 6.50. The summed E-state index contributed by atoms with van der Waals surface area (Å²) in [6.07, 6.45) is 9.59. The average molecular weight is 238 g/mol. The van der Waals surface area contributed by atoms with Crippen molar-refractivity contribution in [3.63, 3.8) is 0 Å². The summed E-state index contributed by atoms with van der Waals surface area (Å²) in [4.78, 5) is 2.76. The van der Waals surface area contributed by atoms with Crippen molar-refractivity contribution < 1.29 is 0 Å². The molecule has 0 spiro atoms. The summed E-state index contributed by atoms with van der Waals surface area (Å²) >= 11 is 0. The first kappa shape index (κ1) is 13.4. The molecule has 2 rings (SSSR count). The predicted molar refractivity (Wildman–Crippen MR) is 74.0 cm³/mol. The zero-order valence-corrected chi connectivity index (χ0v) is 11.8. The van der Waals surface area contributed by atoms with Gasteiger partial charge in [0.05, 0.1) is 0 Å². The normalized spacial score (nSPS) is 34.2. The lowest BCUT2D eigenvalue weighted by molar-refractivity contribution is 0.0405. The highest BCUT2D eigenvalue weighted by molar-refractivity contribution is 4.97. The molecule has 0 unspecified atom stereocenters. The van der Waals surface area contributed by atoms with Crippen molar-refractivity contribution in [1.29, 1.82) is 0 Å². The maximum absolute atomic E-state index is 6.17. The molecule has 0 amide bonds. The Kier molecular flexibility index (Phi) is 4.48. The molecule has 2 N–H and O–H groups in total. The Labute approximate surface area is 107 Å². The molecule has 0 saturated heterocycles. The largest absolute Gasteiger partial charge is 0.329 e. The molecule has 0 atom stereocenters. The summed E-state index contributed by atoms with van der Waals surface area (Å²) in [5, 5.41) is 0. The highest BCUT2D eigenvalue weighted by Gasteiger charge is 2.40. The molecule has 0 radical (unpaired) electrons. The Morgan fingerprint density at radius 2 is 1.82 bits per heavy atom. The summed E-state index contributed by atoms with van der Waals surface area (Å²) in [5.41, 5.74) is 6.52. The molecule has 0 bridgehead atoms. The minimum absolute atomic E-state index is 0.352. The van der Waals surface area contributed by atoms with Crippen LogP contribution in [0.25, 0.3) is 0 Å². The third kappa shape index (κ3) is 3.23. The van der Waals surface area contributed by atoms with E-state index in [1.165, 1.54) is 58.0 Å². The Bertz CT molecular complexity index is 227. The lowest BCUT2D eigenvalue weighted by atomic mass is 9.75. The molecule has 2 nitrogen and oxygen atoms in total. The van der Waals surface area contributed by atoms with E-state index in [0.717, 1.165) is 18.4 Å². The van der Waals surface area contributed by atoms with E-state index in [-0.39, 0.29) is 0 Å². The van der Waals surface area contributed by atoms with Gasteiger partial charge < -0.3 is 5.73 Å². The van der Waals surface area contributed by atoms with Gasteiger partial charge in [0, 0.05) is 18.6 Å². The molecule has 0 aromatic rings. The van der Waals surface area contributed by atoms with Crippen molar-refractivity contribution in [3.8, 4) is 0 Å². The van der Waals surface area contributed by atoms with Gasteiger partial charge >= 0.3 is 0 Å². The third-order valence-electron chi connectivity index (χ3n) is 4.92. The van der Waals surface area contributed by atoms with Crippen LogP contribution in [-0.4, -0.2) is 30.1 Å². The second-order valence-electron chi connectivity index (χ2n) is 6.50. The Balaban J connectivity index is 2.00. The van der Waals surface area contributed by atoms with E-state index >= 15 is 0 Å². The van der Waals surface area contributed by atoms with Crippen molar-refractivity contribution in [3.05, 3.63) is 0 Å². The first-order valence-electron chi connectivity index (χ1n) is 7.65. The zero-order valence-electron chi connectivity index (χ0n) is 11.8.